The first kappa shape index (κ1) is 27.4. The normalized spacial score (nSPS) is 25.3. The molecule has 1 aromatic rings. The molecule has 0 atom stereocenters. The Labute approximate surface area is 207 Å². The third kappa shape index (κ3) is 9.80. The van der Waals surface area contributed by atoms with Gasteiger partial charge in [-0.2, -0.15) is 8.78 Å². The van der Waals surface area contributed by atoms with Gasteiger partial charge in [-0.25, -0.2) is 0 Å². The van der Waals surface area contributed by atoms with Gasteiger partial charge in [0.25, 0.3) is 6.08 Å². The van der Waals surface area contributed by atoms with E-state index in [0.29, 0.717) is 17.6 Å². The molecule has 0 bridgehead atoms. The van der Waals surface area contributed by atoms with Gasteiger partial charge in [0.15, 0.2) is 0 Å². The standard InChI is InChI=1S/C31H48F2O/c1-2-3-4-5-6-7-8-9-10-23-34-30-21-19-29(20-22-30)28-17-15-27(16-18-28)26-13-11-25(12-14-26)24-31(32)33/h11-14,24,27-30H,2-10,15-23H2,1H3/t27-,28-,29-,30-. The quantitative estimate of drug-likeness (QED) is 0.244. The molecular formula is C31H48F2O. The van der Waals surface area contributed by atoms with E-state index in [-0.39, 0.29) is 0 Å². The zero-order valence-electron chi connectivity index (χ0n) is 21.6. The van der Waals surface area contributed by atoms with Crippen LogP contribution in [0.4, 0.5) is 8.78 Å². The van der Waals surface area contributed by atoms with Crippen LogP contribution in [0.1, 0.15) is 133 Å². The minimum Gasteiger partial charge on any atom is -0.378 e. The summed E-state index contributed by atoms with van der Waals surface area (Å²) >= 11 is 0. The molecule has 2 fully saturated rings. The van der Waals surface area contributed by atoms with Crippen molar-refractivity contribution in [1.29, 1.82) is 0 Å². The third-order valence-electron chi connectivity index (χ3n) is 8.44. The van der Waals surface area contributed by atoms with Crippen molar-refractivity contribution >= 4 is 6.08 Å². The van der Waals surface area contributed by atoms with Crippen molar-refractivity contribution in [2.45, 2.75) is 128 Å². The number of hydrogen-bond donors (Lipinski definition) is 0. The van der Waals surface area contributed by atoms with Gasteiger partial charge in [-0.05, 0) is 86.7 Å². The van der Waals surface area contributed by atoms with Crippen LogP contribution in [0.2, 0.25) is 0 Å². The highest BCUT2D eigenvalue weighted by Crippen LogP contribution is 2.43. The van der Waals surface area contributed by atoms with Gasteiger partial charge >= 0.3 is 0 Å². The Morgan fingerprint density at radius 1 is 0.735 bits per heavy atom. The molecule has 2 aliphatic carbocycles. The van der Waals surface area contributed by atoms with Crippen LogP contribution in [0.25, 0.3) is 6.08 Å². The van der Waals surface area contributed by atoms with Crippen molar-refractivity contribution in [2.24, 2.45) is 11.8 Å². The molecule has 192 valence electrons. The maximum atomic E-state index is 12.4. The molecule has 1 aromatic carbocycles. The molecule has 2 aliphatic rings. The molecule has 3 heteroatoms. The zero-order chi connectivity index (χ0) is 24.0. The Morgan fingerprint density at radius 3 is 1.82 bits per heavy atom. The minimum absolute atomic E-state index is 0.503. The number of ether oxygens (including phenoxy) is 1. The second-order valence-electron chi connectivity index (χ2n) is 10.9. The Morgan fingerprint density at radius 2 is 1.26 bits per heavy atom. The maximum absolute atomic E-state index is 12.4. The van der Waals surface area contributed by atoms with E-state index in [1.807, 2.05) is 12.1 Å². The van der Waals surface area contributed by atoms with E-state index in [2.05, 4.69) is 19.1 Å². The van der Waals surface area contributed by atoms with Crippen molar-refractivity contribution in [3.63, 3.8) is 0 Å². The molecule has 0 amide bonds. The van der Waals surface area contributed by atoms with Gasteiger partial charge in [0, 0.05) is 12.7 Å². The Bertz CT molecular complexity index is 678. The van der Waals surface area contributed by atoms with Crippen molar-refractivity contribution in [1.82, 2.24) is 0 Å². The van der Waals surface area contributed by atoms with Crippen molar-refractivity contribution in [3.8, 4) is 0 Å². The molecular weight excluding hydrogens is 426 g/mol. The van der Waals surface area contributed by atoms with Gasteiger partial charge in [0.05, 0.1) is 6.10 Å². The first-order valence-electron chi connectivity index (χ1n) is 14.4. The number of hydrogen-bond acceptors (Lipinski definition) is 1. The molecule has 0 heterocycles. The predicted octanol–water partition coefficient (Wildman–Crippen LogP) is 10.3. The van der Waals surface area contributed by atoms with E-state index in [4.69, 9.17) is 4.74 Å². The van der Waals surface area contributed by atoms with Crippen LogP contribution in [0, 0.1) is 11.8 Å². The highest BCUT2D eigenvalue weighted by atomic mass is 19.3. The van der Waals surface area contributed by atoms with Crippen LogP contribution in [0.15, 0.2) is 30.3 Å². The predicted molar refractivity (Wildman–Crippen MR) is 140 cm³/mol. The lowest BCUT2D eigenvalue weighted by molar-refractivity contribution is 0.00624. The third-order valence-corrected chi connectivity index (χ3v) is 8.44. The summed E-state index contributed by atoms with van der Waals surface area (Å²) < 4.78 is 31.1. The molecule has 34 heavy (non-hydrogen) atoms. The van der Waals surface area contributed by atoms with E-state index in [1.165, 1.54) is 115 Å². The van der Waals surface area contributed by atoms with Crippen LogP contribution >= 0.6 is 0 Å². The molecule has 3 rings (SSSR count). The zero-order valence-corrected chi connectivity index (χ0v) is 21.6. The molecule has 0 N–H and O–H groups in total. The monoisotopic (exact) mass is 474 g/mol. The molecule has 0 aromatic heterocycles. The first-order valence-corrected chi connectivity index (χ1v) is 14.4. The van der Waals surface area contributed by atoms with E-state index in [9.17, 15) is 8.78 Å². The van der Waals surface area contributed by atoms with Gasteiger partial charge in [0.2, 0.25) is 0 Å². The average molecular weight is 475 g/mol. The highest BCUT2D eigenvalue weighted by molar-refractivity contribution is 5.50. The fourth-order valence-electron chi connectivity index (χ4n) is 6.30. The summed E-state index contributed by atoms with van der Waals surface area (Å²) in [6, 6.07) is 7.76. The van der Waals surface area contributed by atoms with Crippen LogP contribution in [0.5, 0.6) is 0 Å². The maximum Gasteiger partial charge on any atom is 0.270 e. The Hall–Kier alpha value is -1.22. The van der Waals surface area contributed by atoms with Crippen LogP contribution in [-0.4, -0.2) is 12.7 Å². The molecule has 2 saturated carbocycles. The number of halogens is 2. The Balaban J connectivity index is 1.23. The second-order valence-corrected chi connectivity index (χ2v) is 10.9. The lowest BCUT2D eigenvalue weighted by atomic mass is 9.69. The van der Waals surface area contributed by atoms with E-state index in [0.717, 1.165) is 24.5 Å². The van der Waals surface area contributed by atoms with Crippen LogP contribution < -0.4 is 0 Å². The molecule has 0 saturated heterocycles. The highest BCUT2D eigenvalue weighted by Gasteiger charge is 2.31. The van der Waals surface area contributed by atoms with Gasteiger partial charge < -0.3 is 4.74 Å². The molecule has 0 unspecified atom stereocenters. The number of rotatable bonds is 14. The average Bonchev–Trinajstić information content (AvgIpc) is 2.86. The minimum atomic E-state index is -1.63. The fourth-order valence-corrected chi connectivity index (χ4v) is 6.30. The Kier molecular flexibility index (Phi) is 12.6. The van der Waals surface area contributed by atoms with Crippen molar-refractivity contribution in [3.05, 3.63) is 41.5 Å². The summed E-state index contributed by atoms with van der Waals surface area (Å²) in [5.74, 6) is 2.35. The molecule has 0 aliphatic heterocycles. The smallest absolute Gasteiger partial charge is 0.270 e. The van der Waals surface area contributed by atoms with Crippen molar-refractivity contribution < 1.29 is 13.5 Å². The topological polar surface area (TPSA) is 9.23 Å². The van der Waals surface area contributed by atoms with Crippen LogP contribution in [-0.2, 0) is 4.74 Å². The largest absolute Gasteiger partial charge is 0.378 e. The summed E-state index contributed by atoms with van der Waals surface area (Å²) in [6.45, 7) is 3.24. The van der Waals surface area contributed by atoms with Gasteiger partial charge in [0.1, 0.15) is 0 Å². The fraction of sp³-hybridized carbons (Fsp3) is 0.742. The lowest BCUT2D eigenvalue weighted by Crippen LogP contribution is -2.28. The summed E-state index contributed by atoms with van der Waals surface area (Å²) in [5.41, 5.74) is 1.91. The summed E-state index contributed by atoms with van der Waals surface area (Å²) in [4.78, 5) is 0. The summed E-state index contributed by atoms with van der Waals surface area (Å²) in [5, 5.41) is 0. The van der Waals surface area contributed by atoms with Gasteiger partial charge in [-0.1, -0.05) is 82.6 Å². The van der Waals surface area contributed by atoms with E-state index < -0.39 is 6.08 Å². The number of unbranched alkanes of at least 4 members (excludes halogenated alkanes) is 8. The van der Waals surface area contributed by atoms with Crippen molar-refractivity contribution in [2.75, 3.05) is 6.61 Å². The SMILES string of the molecule is CCCCCCCCCCCO[C@H]1CC[C@H]([C@H]2CC[C@H](c3ccc(C=C(F)F)cc3)CC2)CC1. The van der Waals surface area contributed by atoms with E-state index >= 15 is 0 Å². The van der Waals surface area contributed by atoms with Gasteiger partial charge in [-0.15, -0.1) is 0 Å². The van der Waals surface area contributed by atoms with Crippen LogP contribution in [0.3, 0.4) is 0 Å². The number of benzene rings is 1. The molecule has 0 radical (unpaired) electrons. The molecule has 0 spiro atoms. The van der Waals surface area contributed by atoms with E-state index in [1.54, 1.807) is 0 Å². The summed E-state index contributed by atoms with van der Waals surface area (Å²) in [6.07, 6.45) is 22.5. The van der Waals surface area contributed by atoms with Gasteiger partial charge in [-0.3, -0.25) is 0 Å². The molecule has 1 nitrogen and oxygen atoms in total. The summed E-state index contributed by atoms with van der Waals surface area (Å²) in [7, 11) is 0. The first-order chi connectivity index (χ1) is 16.7. The second kappa shape index (κ2) is 15.7. The lowest BCUT2D eigenvalue weighted by Gasteiger charge is -2.38.